The molecule has 0 amide bonds. The van der Waals surface area contributed by atoms with Crippen molar-refractivity contribution in [1.82, 2.24) is 0 Å². The van der Waals surface area contributed by atoms with E-state index in [0.29, 0.717) is 0 Å². The topological polar surface area (TPSA) is 97.4 Å². The second-order valence-corrected chi connectivity index (χ2v) is 3.43. The van der Waals surface area contributed by atoms with Crippen LogP contribution in [0, 0.1) is 0 Å². The van der Waals surface area contributed by atoms with E-state index in [1.807, 2.05) is 0 Å². The molecular formula is C11H18O8. The van der Waals surface area contributed by atoms with Crippen LogP contribution in [0.2, 0.25) is 0 Å². The standard InChI is InChI=1S/C11H18O8/c1-4-16-11(14)19-9(6-15-3)7-18-10(13)17-5-8(2)12/h9H,4-7H2,1-3H3. The summed E-state index contributed by atoms with van der Waals surface area (Å²) in [5.74, 6) is -0.312. The maximum Gasteiger partial charge on any atom is 0.508 e. The highest BCUT2D eigenvalue weighted by Gasteiger charge is 2.18. The van der Waals surface area contributed by atoms with E-state index in [4.69, 9.17) is 9.47 Å². The van der Waals surface area contributed by atoms with E-state index in [9.17, 15) is 14.4 Å². The summed E-state index contributed by atoms with van der Waals surface area (Å²) in [5.41, 5.74) is 0. The number of ketones is 1. The summed E-state index contributed by atoms with van der Waals surface area (Å²) >= 11 is 0. The summed E-state index contributed by atoms with van der Waals surface area (Å²) in [5, 5.41) is 0. The molecular weight excluding hydrogens is 260 g/mol. The number of rotatable bonds is 8. The lowest BCUT2D eigenvalue weighted by molar-refractivity contribution is -0.120. The highest BCUT2D eigenvalue weighted by molar-refractivity contribution is 5.78. The lowest BCUT2D eigenvalue weighted by Gasteiger charge is -2.16. The Morgan fingerprint density at radius 3 is 2.21 bits per heavy atom. The highest BCUT2D eigenvalue weighted by atomic mass is 16.8. The van der Waals surface area contributed by atoms with Gasteiger partial charge in [0.25, 0.3) is 0 Å². The molecule has 0 aliphatic carbocycles. The zero-order chi connectivity index (χ0) is 14.7. The van der Waals surface area contributed by atoms with Gasteiger partial charge < -0.3 is 23.7 Å². The van der Waals surface area contributed by atoms with Crippen molar-refractivity contribution in [2.24, 2.45) is 0 Å². The van der Waals surface area contributed by atoms with Crippen LogP contribution < -0.4 is 0 Å². The average Bonchev–Trinajstić information content (AvgIpc) is 2.34. The average molecular weight is 278 g/mol. The van der Waals surface area contributed by atoms with Crippen LogP contribution in [0.5, 0.6) is 0 Å². The Hall–Kier alpha value is -1.83. The number of hydrogen-bond donors (Lipinski definition) is 0. The summed E-state index contributed by atoms with van der Waals surface area (Å²) in [7, 11) is 1.40. The van der Waals surface area contributed by atoms with Crippen LogP contribution in [-0.4, -0.2) is 57.7 Å². The molecule has 0 radical (unpaired) electrons. The summed E-state index contributed by atoms with van der Waals surface area (Å²) in [6.45, 7) is 2.46. The third-order valence-electron chi connectivity index (χ3n) is 1.66. The van der Waals surface area contributed by atoms with Gasteiger partial charge in [0.15, 0.2) is 18.5 Å². The number of methoxy groups -OCH3 is 1. The molecule has 0 aromatic rings. The first-order valence-corrected chi connectivity index (χ1v) is 5.60. The maximum absolute atomic E-state index is 11.1. The lowest BCUT2D eigenvalue weighted by atomic mass is 10.4. The summed E-state index contributed by atoms with van der Waals surface area (Å²) in [6, 6.07) is 0. The van der Waals surface area contributed by atoms with Gasteiger partial charge in [0.05, 0.1) is 13.2 Å². The van der Waals surface area contributed by atoms with Crippen LogP contribution in [0.1, 0.15) is 13.8 Å². The molecule has 19 heavy (non-hydrogen) atoms. The molecule has 0 bridgehead atoms. The van der Waals surface area contributed by atoms with Crippen molar-refractivity contribution < 1.29 is 38.1 Å². The van der Waals surface area contributed by atoms with Gasteiger partial charge in [-0.2, -0.15) is 0 Å². The first-order valence-electron chi connectivity index (χ1n) is 5.60. The van der Waals surface area contributed by atoms with Crippen molar-refractivity contribution in [3.63, 3.8) is 0 Å². The van der Waals surface area contributed by atoms with Crippen LogP contribution in [0.25, 0.3) is 0 Å². The predicted octanol–water partition coefficient (Wildman–Crippen LogP) is 0.917. The Bertz CT molecular complexity index is 301. The van der Waals surface area contributed by atoms with Crippen LogP contribution in [-0.2, 0) is 28.5 Å². The predicted molar refractivity (Wildman–Crippen MR) is 61.8 cm³/mol. The molecule has 0 aromatic carbocycles. The minimum absolute atomic E-state index is 0.0266. The lowest BCUT2D eigenvalue weighted by Crippen LogP contribution is -2.30. The van der Waals surface area contributed by atoms with E-state index in [2.05, 4.69) is 14.2 Å². The minimum atomic E-state index is -1.02. The zero-order valence-corrected chi connectivity index (χ0v) is 11.2. The van der Waals surface area contributed by atoms with E-state index < -0.39 is 18.4 Å². The van der Waals surface area contributed by atoms with Gasteiger partial charge in [-0.1, -0.05) is 0 Å². The molecule has 1 atom stereocenters. The number of hydrogen-bond acceptors (Lipinski definition) is 8. The van der Waals surface area contributed by atoms with Crippen molar-refractivity contribution in [3.8, 4) is 0 Å². The van der Waals surface area contributed by atoms with Crippen LogP contribution in [0.4, 0.5) is 9.59 Å². The van der Waals surface area contributed by atoms with Crippen molar-refractivity contribution in [3.05, 3.63) is 0 Å². The molecule has 1 unspecified atom stereocenters. The van der Waals surface area contributed by atoms with Crippen LogP contribution in [0.15, 0.2) is 0 Å². The molecule has 0 saturated carbocycles. The third kappa shape index (κ3) is 9.83. The Morgan fingerprint density at radius 1 is 1.00 bits per heavy atom. The van der Waals surface area contributed by atoms with Gasteiger partial charge in [0.1, 0.15) is 6.61 Å². The maximum atomic E-state index is 11.1. The van der Waals surface area contributed by atoms with Crippen LogP contribution in [0.3, 0.4) is 0 Å². The smallest absolute Gasteiger partial charge is 0.435 e. The Kier molecular flexibility index (Phi) is 9.15. The summed E-state index contributed by atoms with van der Waals surface area (Å²) in [6.07, 6.45) is -2.72. The number of carbonyl (C=O) groups is 3. The molecule has 0 fully saturated rings. The molecule has 8 nitrogen and oxygen atoms in total. The van der Waals surface area contributed by atoms with E-state index >= 15 is 0 Å². The summed E-state index contributed by atoms with van der Waals surface area (Å²) in [4.78, 5) is 32.7. The zero-order valence-electron chi connectivity index (χ0n) is 11.2. The van der Waals surface area contributed by atoms with Gasteiger partial charge >= 0.3 is 12.3 Å². The second kappa shape index (κ2) is 10.1. The Balaban J connectivity index is 4.02. The first kappa shape index (κ1) is 17.2. The first-order chi connectivity index (χ1) is 8.99. The molecule has 0 aliphatic heterocycles. The molecule has 0 saturated heterocycles. The largest absolute Gasteiger partial charge is 0.508 e. The number of Topliss-reactive ketones (excluding diaryl/α,β-unsaturated/α-hetero) is 1. The van der Waals surface area contributed by atoms with Gasteiger partial charge in [-0.3, -0.25) is 4.79 Å². The van der Waals surface area contributed by atoms with Crippen molar-refractivity contribution in [2.45, 2.75) is 20.0 Å². The number of carbonyl (C=O) groups excluding carboxylic acids is 3. The molecule has 0 rings (SSSR count). The van der Waals surface area contributed by atoms with E-state index in [1.54, 1.807) is 6.92 Å². The fraction of sp³-hybridized carbons (Fsp3) is 0.727. The van der Waals surface area contributed by atoms with E-state index in [-0.39, 0.29) is 32.2 Å². The van der Waals surface area contributed by atoms with Gasteiger partial charge in [0, 0.05) is 7.11 Å². The molecule has 110 valence electrons. The molecule has 0 aromatic heterocycles. The molecule has 0 N–H and O–H groups in total. The fourth-order valence-electron chi connectivity index (χ4n) is 0.953. The molecule has 8 heteroatoms. The second-order valence-electron chi connectivity index (χ2n) is 3.43. The fourth-order valence-corrected chi connectivity index (χ4v) is 0.953. The Morgan fingerprint density at radius 2 is 1.68 bits per heavy atom. The summed E-state index contributed by atoms with van der Waals surface area (Å²) < 4.78 is 23.3. The van der Waals surface area contributed by atoms with Gasteiger partial charge in [0.2, 0.25) is 0 Å². The molecule has 0 aliphatic rings. The van der Waals surface area contributed by atoms with Gasteiger partial charge in [-0.25, -0.2) is 9.59 Å². The van der Waals surface area contributed by atoms with Gasteiger partial charge in [-0.05, 0) is 13.8 Å². The molecule has 0 spiro atoms. The Labute approximate surface area is 110 Å². The van der Waals surface area contributed by atoms with E-state index in [1.165, 1.54) is 14.0 Å². The quantitative estimate of drug-likeness (QED) is 0.604. The monoisotopic (exact) mass is 278 g/mol. The highest BCUT2D eigenvalue weighted by Crippen LogP contribution is 1.99. The van der Waals surface area contributed by atoms with Crippen LogP contribution >= 0.6 is 0 Å². The van der Waals surface area contributed by atoms with Gasteiger partial charge in [-0.15, -0.1) is 0 Å². The van der Waals surface area contributed by atoms with Crippen molar-refractivity contribution in [1.29, 1.82) is 0 Å². The number of ether oxygens (including phenoxy) is 5. The van der Waals surface area contributed by atoms with E-state index in [0.717, 1.165) is 0 Å². The minimum Gasteiger partial charge on any atom is -0.435 e. The SMILES string of the molecule is CCOC(=O)OC(COC)COC(=O)OCC(C)=O. The molecule has 0 heterocycles. The third-order valence-corrected chi connectivity index (χ3v) is 1.66. The normalized spacial score (nSPS) is 11.3. The van der Waals surface area contributed by atoms with Crippen molar-refractivity contribution in [2.75, 3.05) is 33.5 Å². The van der Waals surface area contributed by atoms with Crippen molar-refractivity contribution >= 4 is 18.1 Å².